The Balaban J connectivity index is 2.57. The summed E-state index contributed by atoms with van der Waals surface area (Å²) in [5, 5.41) is 14.7. The molecule has 3 heteroatoms. The molecule has 0 aromatic heterocycles. The summed E-state index contributed by atoms with van der Waals surface area (Å²) >= 11 is 0. The van der Waals surface area contributed by atoms with Crippen LogP contribution in [-0.2, 0) is 0 Å². The summed E-state index contributed by atoms with van der Waals surface area (Å²) in [6.07, 6.45) is 1.80. The van der Waals surface area contributed by atoms with Gasteiger partial charge in [-0.25, -0.2) is 0 Å². The standard InChI is InChI=1S/C6H12N2O/c1-6(5-9)3-7-8(2)4-6/h3,9H,4-5H2,1-2H3. The molecule has 1 rings (SSSR count). The minimum Gasteiger partial charge on any atom is -0.395 e. The largest absolute Gasteiger partial charge is 0.395 e. The van der Waals surface area contributed by atoms with E-state index < -0.39 is 0 Å². The molecule has 0 fully saturated rings. The molecule has 1 unspecified atom stereocenters. The van der Waals surface area contributed by atoms with Gasteiger partial charge in [0.1, 0.15) is 0 Å². The molecule has 1 heterocycles. The fourth-order valence-electron chi connectivity index (χ4n) is 0.933. The Morgan fingerprint density at radius 2 is 2.56 bits per heavy atom. The van der Waals surface area contributed by atoms with E-state index in [2.05, 4.69) is 5.10 Å². The van der Waals surface area contributed by atoms with Gasteiger partial charge in [0.15, 0.2) is 0 Å². The van der Waals surface area contributed by atoms with E-state index in [1.165, 1.54) is 0 Å². The highest BCUT2D eigenvalue weighted by molar-refractivity contribution is 5.67. The molecule has 0 spiro atoms. The van der Waals surface area contributed by atoms with Gasteiger partial charge in [-0.3, -0.25) is 5.01 Å². The van der Waals surface area contributed by atoms with Crippen molar-refractivity contribution in [1.82, 2.24) is 5.01 Å². The summed E-state index contributed by atoms with van der Waals surface area (Å²) in [6, 6.07) is 0. The van der Waals surface area contributed by atoms with Crippen molar-refractivity contribution in [1.29, 1.82) is 0 Å². The van der Waals surface area contributed by atoms with Crippen molar-refractivity contribution >= 4 is 6.21 Å². The molecule has 9 heavy (non-hydrogen) atoms. The molecule has 0 aliphatic carbocycles. The fraction of sp³-hybridized carbons (Fsp3) is 0.833. The van der Waals surface area contributed by atoms with Crippen LogP contribution < -0.4 is 0 Å². The lowest BCUT2D eigenvalue weighted by atomic mass is 9.95. The van der Waals surface area contributed by atoms with Crippen LogP contribution in [0, 0.1) is 5.41 Å². The van der Waals surface area contributed by atoms with Gasteiger partial charge in [0.25, 0.3) is 0 Å². The van der Waals surface area contributed by atoms with Crippen LogP contribution in [0.5, 0.6) is 0 Å². The van der Waals surface area contributed by atoms with Gasteiger partial charge >= 0.3 is 0 Å². The maximum absolute atomic E-state index is 8.83. The Morgan fingerprint density at radius 1 is 1.89 bits per heavy atom. The second kappa shape index (κ2) is 1.99. The number of aliphatic hydroxyl groups excluding tert-OH is 1. The number of rotatable bonds is 1. The first-order valence-electron chi connectivity index (χ1n) is 3.03. The summed E-state index contributed by atoms with van der Waals surface area (Å²) < 4.78 is 0. The third-order valence-electron chi connectivity index (χ3n) is 1.52. The normalized spacial score (nSPS) is 33.9. The van der Waals surface area contributed by atoms with Gasteiger partial charge in [-0.1, -0.05) is 6.92 Å². The molecule has 0 aromatic rings. The van der Waals surface area contributed by atoms with Gasteiger partial charge in [-0.2, -0.15) is 5.10 Å². The SMILES string of the molecule is CN1CC(C)(CO)C=N1. The lowest BCUT2D eigenvalue weighted by molar-refractivity contribution is 0.179. The smallest absolute Gasteiger partial charge is 0.0552 e. The number of nitrogens with zero attached hydrogens (tertiary/aromatic N) is 2. The van der Waals surface area contributed by atoms with Crippen LogP contribution in [0.15, 0.2) is 5.10 Å². The minimum atomic E-state index is -0.102. The molecule has 0 saturated heterocycles. The van der Waals surface area contributed by atoms with Crippen molar-refractivity contribution in [2.24, 2.45) is 10.5 Å². The first-order valence-corrected chi connectivity index (χ1v) is 3.03. The third-order valence-corrected chi connectivity index (χ3v) is 1.52. The molecule has 1 aliphatic rings. The zero-order valence-corrected chi connectivity index (χ0v) is 5.83. The van der Waals surface area contributed by atoms with E-state index in [1.807, 2.05) is 19.0 Å². The number of hydrogen-bond acceptors (Lipinski definition) is 3. The Labute approximate surface area is 55.0 Å². The summed E-state index contributed by atoms with van der Waals surface area (Å²) in [6.45, 7) is 2.99. The minimum absolute atomic E-state index is 0.102. The van der Waals surface area contributed by atoms with E-state index in [-0.39, 0.29) is 12.0 Å². The molecule has 3 nitrogen and oxygen atoms in total. The van der Waals surface area contributed by atoms with Gasteiger partial charge < -0.3 is 5.11 Å². The quantitative estimate of drug-likeness (QED) is 0.536. The predicted molar refractivity (Wildman–Crippen MR) is 36.3 cm³/mol. The topological polar surface area (TPSA) is 35.8 Å². The molecule has 0 amide bonds. The van der Waals surface area contributed by atoms with Crippen LogP contribution in [0.3, 0.4) is 0 Å². The summed E-state index contributed by atoms with van der Waals surface area (Å²) in [5.41, 5.74) is -0.102. The summed E-state index contributed by atoms with van der Waals surface area (Å²) in [4.78, 5) is 0. The van der Waals surface area contributed by atoms with E-state index in [4.69, 9.17) is 5.11 Å². The maximum atomic E-state index is 8.83. The molecule has 1 N–H and O–H groups in total. The van der Waals surface area contributed by atoms with Crippen molar-refractivity contribution in [2.75, 3.05) is 20.2 Å². The van der Waals surface area contributed by atoms with Gasteiger partial charge in [0.05, 0.1) is 6.61 Å². The van der Waals surface area contributed by atoms with E-state index in [9.17, 15) is 0 Å². The van der Waals surface area contributed by atoms with Crippen LogP contribution in [0.4, 0.5) is 0 Å². The van der Waals surface area contributed by atoms with Crippen molar-refractivity contribution in [2.45, 2.75) is 6.92 Å². The highest BCUT2D eigenvalue weighted by atomic mass is 16.3. The highest BCUT2D eigenvalue weighted by Gasteiger charge is 2.27. The Morgan fingerprint density at radius 3 is 2.78 bits per heavy atom. The van der Waals surface area contributed by atoms with E-state index in [1.54, 1.807) is 6.21 Å². The molecule has 0 bridgehead atoms. The Hall–Kier alpha value is -0.570. The molecular weight excluding hydrogens is 116 g/mol. The van der Waals surface area contributed by atoms with Crippen LogP contribution in [0.2, 0.25) is 0 Å². The zero-order valence-electron chi connectivity index (χ0n) is 5.83. The maximum Gasteiger partial charge on any atom is 0.0552 e. The van der Waals surface area contributed by atoms with Crippen molar-refractivity contribution in [3.05, 3.63) is 0 Å². The molecule has 0 saturated carbocycles. The second-order valence-corrected chi connectivity index (χ2v) is 2.87. The number of hydrogen-bond donors (Lipinski definition) is 1. The summed E-state index contributed by atoms with van der Waals surface area (Å²) in [7, 11) is 1.90. The Kier molecular flexibility index (Phi) is 1.45. The van der Waals surface area contributed by atoms with E-state index in [0.717, 1.165) is 6.54 Å². The first-order chi connectivity index (χ1) is 4.16. The Bertz CT molecular complexity index is 135. The van der Waals surface area contributed by atoms with Gasteiger partial charge in [0.2, 0.25) is 0 Å². The van der Waals surface area contributed by atoms with Gasteiger partial charge in [-0.05, 0) is 0 Å². The lowest BCUT2D eigenvalue weighted by Gasteiger charge is -2.17. The van der Waals surface area contributed by atoms with Crippen LogP contribution in [-0.4, -0.2) is 36.5 Å². The molecular formula is C6H12N2O. The van der Waals surface area contributed by atoms with Crippen LogP contribution in [0.1, 0.15) is 6.92 Å². The zero-order chi connectivity index (χ0) is 6.91. The lowest BCUT2D eigenvalue weighted by Crippen LogP contribution is -2.28. The molecule has 0 aromatic carbocycles. The van der Waals surface area contributed by atoms with E-state index >= 15 is 0 Å². The average molecular weight is 128 g/mol. The van der Waals surface area contributed by atoms with Gasteiger partial charge in [0, 0.05) is 25.2 Å². The van der Waals surface area contributed by atoms with E-state index in [0.29, 0.717) is 0 Å². The van der Waals surface area contributed by atoms with Crippen molar-refractivity contribution < 1.29 is 5.11 Å². The molecule has 1 aliphatic heterocycles. The molecule has 1 atom stereocenters. The monoisotopic (exact) mass is 128 g/mol. The van der Waals surface area contributed by atoms with Crippen molar-refractivity contribution in [3.8, 4) is 0 Å². The van der Waals surface area contributed by atoms with Crippen molar-refractivity contribution in [3.63, 3.8) is 0 Å². The third kappa shape index (κ3) is 1.21. The number of hydrazone groups is 1. The van der Waals surface area contributed by atoms with Crippen LogP contribution in [0.25, 0.3) is 0 Å². The average Bonchev–Trinajstić information content (AvgIpc) is 2.13. The second-order valence-electron chi connectivity index (χ2n) is 2.87. The number of aliphatic hydroxyl groups is 1. The first kappa shape index (κ1) is 6.55. The van der Waals surface area contributed by atoms with Gasteiger partial charge in [-0.15, -0.1) is 0 Å². The van der Waals surface area contributed by atoms with Crippen LogP contribution >= 0.6 is 0 Å². The fourth-order valence-corrected chi connectivity index (χ4v) is 0.933. The molecule has 52 valence electrons. The molecule has 0 radical (unpaired) electrons. The predicted octanol–water partition coefficient (Wildman–Crippen LogP) is -0.0838. The highest BCUT2D eigenvalue weighted by Crippen LogP contribution is 2.18. The summed E-state index contributed by atoms with van der Waals surface area (Å²) in [5.74, 6) is 0.